The molecule has 0 bridgehead atoms. The van der Waals surface area contributed by atoms with Crippen molar-refractivity contribution in [3.63, 3.8) is 0 Å². The molecule has 2 N–H and O–H groups in total. The zero-order valence-corrected chi connectivity index (χ0v) is 9.74. The highest BCUT2D eigenvalue weighted by Gasteiger charge is 2.11. The van der Waals surface area contributed by atoms with Gasteiger partial charge in [-0.3, -0.25) is 0 Å². The normalized spacial score (nSPS) is 12.8. The first-order chi connectivity index (χ1) is 7.90. The monoisotopic (exact) mass is 237 g/mol. The molecule has 0 aliphatic rings. The number of aliphatic hydroxyl groups excluding tert-OH is 1. The summed E-state index contributed by atoms with van der Waals surface area (Å²) in [5.41, 5.74) is 1.12. The Morgan fingerprint density at radius 1 is 1.44 bits per heavy atom. The number of aliphatic hydroxyl groups is 1. The van der Waals surface area contributed by atoms with E-state index in [1.54, 1.807) is 23.9 Å². The molecule has 2 rings (SSSR count). The molecule has 3 nitrogen and oxygen atoms in total. The minimum Gasteiger partial charge on any atom is -0.472 e. The van der Waals surface area contributed by atoms with E-state index in [1.165, 1.54) is 4.88 Å². The summed E-state index contributed by atoms with van der Waals surface area (Å²) in [4.78, 5) is 1.26. The highest BCUT2D eigenvalue weighted by Crippen LogP contribution is 2.22. The van der Waals surface area contributed by atoms with Crippen molar-refractivity contribution in [1.82, 2.24) is 5.32 Å². The number of hydrogen-bond donors (Lipinski definition) is 2. The van der Waals surface area contributed by atoms with Crippen LogP contribution in [0.3, 0.4) is 0 Å². The van der Waals surface area contributed by atoms with Gasteiger partial charge in [-0.1, -0.05) is 6.07 Å². The van der Waals surface area contributed by atoms with E-state index in [0.717, 1.165) is 18.5 Å². The topological polar surface area (TPSA) is 45.4 Å². The molecule has 0 fully saturated rings. The molecule has 0 spiro atoms. The lowest BCUT2D eigenvalue weighted by Crippen LogP contribution is -2.20. The van der Waals surface area contributed by atoms with Gasteiger partial charge in [0.05, 0.1) is 12.5 Å². The first kappa shape index (κ1) is 11.4. The summed E-state index contributed by atoms with van der Waals surface area (Å²) >= 11 is 1.71. The van der Waals surface area contributed by atoms with Crippen LogP contribution in [0.5, 0.6) is 0 Å². The van der Waals surface area contributed by atoms with Crippen LogP contribution in [0.2, 0.25) is 0 Å². The van der Waals surface area contributed by atoms with Crippen LogP contribution in [0.15, 0.2) is 40.5 Å². The minimum absolute atomic E-state index is 0.195. The van der Waals surface area contributed by atoms with Gasteiger partial charge in [-0.15, -0.1) is 11.3 Å². The zero-order valence-electron chi connectivity index (χ0n) is 8.93. The van der Waals surface area contributed by atoms with E-state index in [-0.39, 0.29) is 12.6 Å². The molecule has 0 radical (unpaired) electrons. The Balaban J connectivity index is 1.93. The second-order valence-corrected chi connectivity index (χ2v) is 4.57. The summed E-state index contributed by atoms with van der Waals surface area (Å²) < 4.78 is 5.01. The quantitative estimate of drug-likeness (QED) is 0.811. The third-order valence-electron chi connectivity index (χ3n) is 2.44. The van der Waals surface area contributed by atoms with Gasteiger partial charge >= 0.3 is 0 Å². The predicted octanol–water partition coefficient (Wildman–Crippen LogP) is 2.55. The van der Waals surface area contributed by atoms with Crippen molar-refractivity contribution < 1.29 is 9.52 Å². The second-order valence-electron chi connectivity index (χ2n) is 3.59. The number of hydrogen-bond acceptors (Lipinski definition) is 4. The van der Waals surface area contributed by atoms with Gasteiger partial charge in [0.2, 0.25) is 0 Å². The Morgan fingerprint density at radius 2 is 2.38 bits per heavy atom. The van der Waals surface area contributed by atoms with Gasteiger partial charge in [0.1, 0.15) is 0 Å². The third-order valence-corrected chi connectivity index (χ3v) is 3.42. The van der Waals surface area contributed by atoms with Gasteiger partial charge in [0.15, 0.2) is 0 Å². The minimum atomic E-state index is 0.195. The summed E-state index contributed by atoms with van der Waals surface area (Å²) in [6.45, 7) is 0.958. The van der Waals surface area contributed by atoms with Gasteiger partial charge in [-0.25, -0.2) is 0 Å². The maximum atomic E-state index is 9.04. The van der Waals surface area contributed by atoms with E-state index >= 15 is 0 Å². The average Bonchev–Trinajstić information content (AvgIpc) is 2.96. The Morgan fingerprint density at radius 3 is 3.00 bits per heavy atom. The summed E-state index contributed by atoms with van der Waals surface area (Å²) in [5.74, 6) is 0. The molecule has 2 aromatic heterocycles. The fourth-order valence-electron chi connectivity index (χ4n) is 1.60. The van der Waals surface area contributed by atoms with Crippen LogP contribution in [0, 0.1) is 0 Å². The summed E-state index contributed by atoms with van der Waals surface area (Å²) in [6.07, 6.45) is 4.14. The van der Waals surface area contributed by atoms with Crippen molar-refractivity contribution in [2.24, 2.45) is 0 Å². The van der Waals surface area contributed by atoms with Crippen LogP contribution in [0.1, 0.15) is 22.9 Å². The van der Waals surface area contributed by atoms with Crippen LogP contribution in [0.4, 0.5) is 0 Å². The largest absolute Gasteiger partial charge is 0.472 e. The number of nitrogens with one attached hydrogen (secondary N) is 1. The van der Waals surface area contributed by atoms with E-state index in [9.17, 15) is 0 Å². The smallest absolute Gasteiger partial charge is 0.0947 e. The van der Waals surface area contributed by atoms with Gasteiger partial charge in [0, 0.05) is 29.6 Å². The molecule has 0 aliphatic heterocycles. The highest BCUT2D eigenvalue weighted by molar-refractivity contribution is 7.10. The van der Waals surface area contributed by atoms with Crippen LogP contribution in [-0.2, 0) is 6.54 Å². The fraction of sp³-hybridized carbons (Fsp3) is 0.333. The highest BCUT2D eigenvalue weighted by atomic mass is 32.1. The lowest BCUT2D eigenvalue weighted by atomic mass is 10.1. The lowest BCUT2D eigenvalue weighted by Gasteiger charge is -2.15. The van der Waals surface area contributed by atoms with Crippen molar-refractivity contribution in [2.45, 2.75) is 19.0 Å². The van der Waals surface area contributed by atoms with E-state index in [2.05, 4.69) is 16.8 Å². The van der Waals surface area contributed by atoms with Crippen LogP contribution >= 0.6 is 11.3 Å². The van der Waals surface area contributed by atoms with Crippen molar-refractivity contribution in [3.8, 4) is 0 Å². The summed E-state index contributed by atoms with van der Waals surface area (Å²) in [7, 11) is 0. The number of thiophene rings is 1. The van der Waals surface area contributed by atoms with Crippen LogP contribution < -0.4 is 5.32 Å². The summed E-state index contributed by atoms with van der Waals surface area (Å²) in [5, 5.41) is 14.5. The van der Waals surface area contributed by atoms with Gasteiger partial charge < -0.3 is 14.8 Å². The molecule has 0 saturated carbocycles. The molecule has 1 unspecified atom stereocenters. The molecule has 2 aromatic rings. The first-order valence-electron chi connectivity index (χ1n) is 5.29. The zero-order chi connectivity index (χ0) is 11.2. The molecule has 0 saturated heterocycles. The standard InChI is InChI=1S/C12H15NO2S/c14-5-3-11(12-2-1-7-16-12)13-8-10-4-6-15-9-10/h1-2,4,6-7,9,11,13-14H,3,5,8H2. The fourth-order valence-corrected chi connectivity index (χ4v) is 2.43. The third kappa shape index (κ3) is 2.95. The van der Waals surface area contributed by atoms with Crippen LogP contribution in [0.25, 0.3) is 0 Å². The Kier molecular flexibility index (Phi) is 4.16. The molecule has 0 aliphatic carbocycles. The predicted molar refractivity (Wildman–Crippen MR) is 64.3 cm³/mol. The lowest BCUT2D eigenvalue weighted by molar-refractivity contribution is 0.266. The van der Waals surface area contributed by atoms with Crippen molar-refractivity contribution in [1.29, 1.82) is 0 Å². The second kappa shape index (κ2) is 5.84. The Bertz CT molecular complexity index is 383. The van der Waals surface area contributed by atoms with Crippen LogP contribution in [-0.4, -0.2) is 11.7 Å². The molecule has 0 aromatic carbocycles. The van der Waals surface area contributed by atoms with Gasteiger partial charge in [-0.2, -0.15) is 0 Å². The van der Waals surface area contributed by atoms with E-state index in [1.807, 2.05) is 12.1 Å². The molecular weight excluding hydrogens is 222 g/mol. The molecule has 86 valence electrons. The maximum absolute atomic E-state index is 9.04. The molecule has 1 atom stereocenters. The number of rotatable bonds is 6. The van der Waals surface area contributed by atoms with Crippen molar-refractivity contribution in [2.75, 3.05) is 6.61 Å². The van der Waals surface area contributed by atoms with Gasteiger partial charge in [-0.05, 0) is 23.9 Å². The molecule has 2 heterocycles. The molecular formula is C12H15NO2S. The Hall–Kier alpha value is -1.10. The Labute approximate surface area is 98.7 Å². The number of furan rings is 1. The van der Waals surface area contributed by atoms with Crippen molar-refractivity contribution >= 4 is 11.3 Å². The molecule has 16 heavy (non-hydrogen) atoms. The first-order valence-corrected chi connectivity index (χ1v) is 6.17. The van der Waals surface area contributed by atoms with Gasteiger partial charge in [0.25, 0.3) is 0 Å². The molecule has 0 amide bonds. The van der Waals surface area contributed by atoms with E-state index in [0.29, 0.717) is 0 Å². The summed E-state index contributed by atoms with van der Waals surface area (Å²) in [6, 6.07) is 6.29. The average molecular weight is 237 g/mol. The maximum Gasteiger partial charge on any atom is 0.0947 e. The van der Waals surface area contributed by atoms with Crippen molar-refractivity contribution in [3.05, 3.63) is 46.5 Å². The molecule has 4 heteroatoms. The van der Waals surface area contributed by atoms with E-state index < -0.39 is 0 Å². The van der Waals surface area contributed by atoms with E-state index in [4.69, 9.17) is 9.52 Å². The SMILES string of the molecule is OCCC(NCc1ccoc1)c1cccs1.